The van der Waals surface area contributed by atoms with Gasteiger partial charge in [-0.3, -0.25) is 0 Å². The Balaban J connectivity index is 1.98. The van der Waals surface area contributed by atoms with E-state index in [1.54, 1.807) is 13.1 Å². The minimum atomic E-state index is -0.658. The number of nitrogens with one attached hydrogen (secondary N) is 1. The van der Waals surface area contributed by atoms with E-state index >= 15 is 0 Å². The molecule has 134 valence electrons. The third-order valence-corrected chi connectivity index (χ3v) is 3.79. The second-order valence-electron chi connectivity index (χ2n) is 5.79. The molecule has 0 spiro atoms. The molecule has 1 aromatic carbocycles. The maximum absolute atomic E-state index is 13.8. The van der Waals surface area contributed by atoms with Gasteiger partial charge in [-0.15, -0.1) is 0 Å². The summed E-state index contributed by atoms with van der Waals surface area (Å²) in [6, 6.07) is 7.00. The lowest BCUT2D eigenvalue weighted by molar-refractivity contribution is 0.196. The molecule has 0 saturated heterocycles. The van der Waals surface area contributed by atoms with Crippen molar-refractivity contribution in [1.82, 2.24) is 15.2 Å². The number of hydrogen-bond donors (Lipinski definition) is 1. The molecule has 0 radical (unpaired) electrons. The quantitative estimate of drug-likeness (QED) is 0.872. The Hall–Kier alpha value is -2.70. The standard InChI is InChI=1S/C18H22F2N4O/c1-4-24(12-14-15(19)6-5-7-16(14)20)18(25)22-11-13-8-9-17(21-10-13)23(2)3/h5-10H,4,11-12H2,1-3H3,(H,22,25). The summed E-state index contributed by atoms with van der Waals surface area (Å²) in [6.45, 7) is 2.25. The molecule has 0 aliphatic rings. The number of carbonyl (C=O) groups is 1. The molecule has 0 fully saturated rings. The third-order valence-electron chi connectivity index (χ3n) is 3.79. The first-order valence-corrected chi connectivity index (χ1v) is 8.00. The molecule has 5 nitrogen and oxygen atoms in total. The van der Waals surface area contributed by atoms with E-state index < -0.39 is 11.6 Å². The monoisotopic (exact) mass is 348 g/mol. The molecule has 0 aliphatic carbocycles. The van der Waals surface area contributed by atoms with E-state index in [4.69, 9.17) is 0 Å². The summed E-state index contributed by atoms with van der Waals surface area (Å²) in [4.78, 5) is 19.8. The van der Waals surface area contributed by atoms with Gasteiger partial charge in [-0.2, -0.15) is 0 Å². The van der Waals surface area contributed by atoms with Gasteiger partial charge in [0.1, 0.15) is 17.5 Å². The first-order valence-electron chi connectivity index (χ1n) is 8.00. The van der Waals surface area contributed by atoms with Crippen LogP contribution in [0.15, 0.2) is 36.5 Å². The van der Waals surface area contributed by atoms with Gasteiger partial charge in [-0.05, 0) is 30.7 Å². The van der Waals surface area contributed by atoms with Gasteiger partial charge < -0.3 is 15.1 Å². The van der Waals surface area contributed by atoms with Gasteiger partial charge in [0.25, 0.3) is 0 Å². The van der Waals surface area contributed by atoms with Crippen LogP contribution in [-0.4, -0.2) is 36.6 Å². The number of aromatic nitrogens is 1. The van der Waals surface area contributed by atoms with Gasteiger partial charge in [0, 0.05) is 38.9 Å². The Morgan fingerprint density at radius 1 is 1.16 bits per heavy atom. The van der Waals surface area contributed by atoms with Crippen LogP contribution in [0, 0.1) is 11.6 Å². The zero-order valence-corrected chi connectivity index (χ0v) is 14.6. The number of urea groups is 1. The summed E-state index contributed by atoms with van der Waals surface area (Å²) in [6.07, 6.45) is 1.68. The predicted molar refractivity (Wildman–Crippen MR) is 93.2 cm³/mol. The van der Waals surface area contributed by atoms with Crippen molar-refractivity contribution in [3.05, 3.63) is 59.3 Å². The number of carbonyl (C=O) groups excluding carboxylic acids is 1. The topological polar surface area (TPSA) is 48.5 Å². The first kappa shape index (κ1) is 18.6. The first-order chi connectivity index (χ1) is 11.9. The smallest absolute Gasteiger partial charge is 0.317 e. The number of pyridine rings is 1. The Labute approximate surface area is 146 Å². The van der Waals surface area contributed by atoms with Crippen LogP contribution in [0.25, 0.3) is 0 Å². The molecule has 0 aliphatic heterocycles. The maximum atomic E-state index is 13.8. The SMILES string of the molecule is CCN(Cc1c(F)cccc1F)C(=O)NCc1ccc(N(C)C)nc1. The molecule has 1 aromatic heterocycles. The molecule has 2 amide bonds. The van der Waals surface area contributed by atoms with Crippen LogP contribution >= 0.6 is 0 Å². The van der Waals surface area contributed by atoms with Crippen molar-refractivity contribution in [3.8, 4) is 0 Å². The summed E-state index contributed by atoms with van der Waals surface area (Å²) >= 11 is 0. The van der Waals surface area contributed by atoms with Gasteiger partial charge in [0.15, 0.2) is 0 Å². The number of halogens is 2. The largest absolute Gasteiger partial charge is 0.363 e. The molecule has 0 saturated carbocycles. The highest BCUT2D eigenvalue weighted by molar-refractivity contribution is 5.74. The Kier molecular flexibility index (Phi) is 6.27. The third kappa shape index (κ3) is 4.89. The van der Waals surface area contributed by atoms with Crippen LogP contribution in [0.1, 0.15) is 18.1 Å². The molecule has 0 atom stereocenters. The molecule has 2 aromatic rings. The zero-order chi connectivity index (χ0) is 18.4. The van der Waals surface area contributed by atoms with Crippen molar-refractivity contribution < 1.29 is 13.6 Å². The van der Waals surface area contributed by atoms with Crippen molar-refractivity contribution in [3.63, 3.8) is 0 Å². The Bertz CT molecular complexity index is 699. The van der Waals surface area contributed by atoms with E-state index in [0.717, 1.165) is 11.4 Å². The number of hydrogen-bond acceptors (Lipinski definition) is 3. The molecule has 0 unspecified atom stereocenters. The fourth-order valence-electron chi connectivity index (χ4n) is 2.28. The van der Waals surface area contributed by atoms with Gasteiger partial charge >= 0.3 is 6.03 Å². The lowest BCUT2D eigenvalue weighted by Gasteiger charge is -2.22. The predicted octanol–water partition coefficient (Wildman–Crippen LogP) is 3.16. The highest BCUT2D eigenvalue weighted by atomic mass is 19.1. The van der Waals surface area contributed by atoms with Gasteiger partial charge in [0.2, 0.25) is 0 Å². The molecular formula is C18H22F2N4O. The van der Waals surface area contributed by atoms with Crippen LogP contribution in [0.5, 0.6) is 0 Å². The average Bonchev–Trinajstić information content (AvgIpc) is 2.60. The minimum Gasteiger partial charge on any atom is -0.363 e. The van der Waals surface area contributed by atoms with Crippen LogP contribution in [0.2, 0.25) is 0 Å². The number of amides is 2. The number of anilines is 1. The number of rotatable bonds is 6. The fourth-order valence-corrected chi connectivity index (χ4v) is 2.28. The Morgan fingerprint density at radius 3 is 2.36 bits per heavy atom. The van der Waals surface area contributed by atoms with Crippen molar-refractivity contribution in [1.29, 1.82) is 0 Å². The molecule has 0 bridgehead atoms. The number of benzene rings is 1. The van der Waals surface area contributed by atoms with Crippen LogP contribution < -0.4 is 10.2 Å². The van der Waals surface area contributed by atoms with E-state index in [9.17, 15) is 13.6 Å². The van der Waals surface area contributed by atoms with Gasteiger partial charge in [0.05, 0.1) is 6.54 Å². The summed E-state index contributed by atoms with van der Waals surface area (Å²) < 4.78 is 27.5. The molecule has 2 rings (SSSR count). The highest BCUT2D eigenvalue weighted by Crippen LogP contribution is 2.15. The summed E-state index contributed by atoms with van der Waals surface area (Å²) in [5, 5.41) is 2.75. The van der Waals surface area contributed by atoms with Crippen molar-refractivity contribution >= 4 is 11.8 Å². The van der Waals surface area contributed by atoms with Crippen LogP contribution in [-0.2, 0) is 13.1 Å². The Morgan fingerprint density at radius 2 is 1.84 bits per heavy atom. The van der Waals surface area contributed by atoms with Crippen LogP contribution in [0.4, 0.5) is 19.4 Å². The van der Waals surface area contributed by atoms with Crippen molar-refractivity contribution in [2.75, 3.05) is 25.5 Å². The van der Waals surface area contributed by atoms with Crippen molar-refractivity contribution in [2.24, 2.45) is 0 Å². The molecular weight excluding hydrogens is 326 g/mol. The molecule has 1 heterocycles. The van der Waals surface area contributed by atoms with Crippen LogP contribution in [0.3, 0.4) is 0 Å². The van der Waals surface area contributed by atoms with Crippen molar-refractivity contribution in [2.45, 2.75) is 20.0 Å². The molecule has 1 N–H and O–H groups in total. The second-order valence-corrected chi connectivity index (χ2v) is 5.79. The highest BCUT2D eigenvalue weighted by Gasteiger charge is 2.17. The van der Waals surface area contributed by atoms with E-state index in [1.165, 1.54) is 23.1 Å². The fraction of sp³-hybridized carbons (Fsp3) is 0.333. The van der Waals surface area contributed by atoms with E-state index in [2.05, 4.69) is 10.3 Å². The summed E-state index contributed by atoms with van der Waals surface area (Å²) in [5.41, 5.74) is 0.726. The molecule has 7 heteroatoms. The second kappa shape index (κ2) is 8.41. The minimum absolute atomic E-state index is 0.114. The van der Waals surface area contributed by atoms with E-state index in [0.29, 0.717) is 6.54 Å². The zero-order valence-electron chi connectivity index (χ0n) is 14.6. The van der Waals surface area contributed by atoms with Gasteiger partial charge in [-0.25, -0.2) is 18.6 Å². The maximum Gasteiger partial charge on any atom is 0.317 e. The average molecular weight is 348 g/mol. The molecule has 25 heavy (non-hydrogen) atoms. The lowest BCUT2D eigenvalue weighted by Crippen LogP contribution is -2.39. The van der Waals surface area contributed by atoms with E-state index in [-0.39, 0.29) is 24.7 Å². The normalized spacial score (nSPS) is 10.4. The van der Waals surface area contributed by atoms with E-state index in [1.807, 2.05) is 31.1 Å². The summed E-state index contributed by atoms with van der Waals surface area (Å²) in [5.74, 6) is -0.496. The lowest BCUT2D eigenvalue weighted by atomic mass is 10.2. The van der Waals surface area contributed by atoms with Gasteiger partial charge in [-0.1, -0.05) is 12.1 Å². The summed E-state index contributed by atoms with van der Waals surface area (Å²) in [7, 11) is 3.79. The number of nitrogens with zero attached hydrogens (tertiary/aromatic N) is 3.